The zero-order valence-corrected chi connectivity index (χ0v) is 15.2. The summed E-state index contributed by atoms with van der Waals surface area (Å²) in [4.78, 5) is 23.9. The number of rotatable bonds is 8. The lowest BCUT2D eigenvalue weighted by Crippen LogP contribution is -2.33. The molecule has 0 aliphatic heterocycles. The van der Waals surface area contributed by atoms with Crippen molar-refractivity contribution in [2.24, 2.45) is 0 Å². The first-order valence-corrected chi connectivity index (χ1v) is 9.06. The van der Waals surface area contributed by atoms with Crippen molar-refractivity contribution in [3.63, 3.8) is 0 Å². The number of amides is 1. The van der Waals surface area contributed by atoms with E-state index in [0.717, 1.165) is 5.56 Å². The molecule has 0 aliphatic carbocycles. The Morgan fingerprint density at radius 2 is 1.67 bits per heavy atom. The Balaban J connectivity index is 2.67. The third-order valence-corrected chi connectivity index (χ3v) is 5.36. The van der Waals surface area contributed by atoms with Crippen molar-refractivity contribution in [2.45, 2.75) is 38.5 Å². The molecule has 7 nitrogen and oxygen atoms in total. The van der Waals surface area contributed by atoms with Gasteiger partial charge >= 0.3 is 5.97 Å². The number of aryl methyl sites for hydroxylation is 3. The maximum atomic E-state index is 12.4. The van der Waals surface area contributed by atoms with Gasteiger partial charge in [0.2, 0.25) is 15.9 Å². The van der Waals surface area contributed by atoms with Crippen LogP contribution < -0.4 is 4.72 Å². The van der Waals surface area contributed by atoms with Crippen molar-refractivity contribution >= 4 is 21.9 Å². The highest BCUT2D eigenvalue weighted by Gasteiger charge is 2.20. The molecule has 0 spiro atoms. The average Bonchev–Trinajstić information content (AvgIpc) is 2.42. The summed E-state index contributed by atoms with van der Waals surface area (Å²) in [5, 5.41) is 8.59. The Hall–Kier alpha value is -1.93. The van der Waals surface area contributed by atoms with Gasteiger partial charge in [0.15, 0.2) is 0 Å². The third kappa shape index (κ3) is 5.61. The minimum atomic E-state index is -3.70. The van der Waals surface area contributed by atoms with Crippen molar-refractivity contribution < 1.29 is 23.1 Å². The third-order valence-electron chi connectivity index (χ3n) is 3.59. The van der Waals surface area contributed by atoms with E-state index in [4.69, 9.17) is 5.11 Å². The van der Waals surface area contributed by atoms with Crippen molar-refractivity contribution in [2.75, 3.05) is 20.1 Å². The minimum Gasteiger partial charge on any atom is -0.481 e. The van der Waals surface area contributed by atoms with Crippen LogP contribution >= 0.6 is 0 Å². The molecule has 1 aromatic rings. The van der Waals surface area contributed by atoms with Gasteiger partial charge in [0.1, 0.15) is 0 Å². The van der Waals surface area contributed by atoms with Gasteiger partial charge in [0, 0.05) is 26.6 Å². The van der Waals surface area contributed by atoms with E-state index >= 15 is 0 Å². The number of carboxylic acids is 1. The van der Waals surface area contributed by atoms with Gasteiger partial charge in [-0.1, -0.05) is 17.7 Å². The largest absolute Gasteiger partial charge is 0.481 e. The number of aliphatic carboxylic acids is 1. The summed E-state index contributed by atoms with van der Waals surface area (Å²) in [5.41, 5.74) is 2.30. The molecule has 0 aromatic heterocycles. The molecular formula is C16H24N2O5S. The zero-order chi connectivity index (χ0) is 18.5. The Morgan fingerprint density at radius 3 is 2.17 bits per heavy atom. The van der Waals surface area contributed by atoms with E-state index in [0.29, 0.717) is 11.1 Å². The van der Waals surface area contributed by atoms with Gasteiger partial charge in [-0.05, 0) is 31.9 Å². The Kier molecular flexibility index (Phi) is 6.92. The number of benzene rings is 1. The van der Waals surface area contributed by atoms with Crippen LogP contribution in [0.1, 0.15) is 29.5 Å². The molecule has 2 N–H and O–H groups in total. The maximum absolute atomic E-state index is 12.4. The second kappa shape index (κ2) is 8.25. The molecule has 0 saturated carbocycles. The van der Waals surface area contributed by atoms with Gasteiger partial charge in [-0.25, -0.2) is 13.1 Å². The fourth-order valence-corrected chi connectivity index (χ4v) is 4.01. The van der Waals surface area contributed by atoms with Gasteiger partial charge < -0.3 is 10.0 Å². The van der Waals surface area contributed by atoms with Gasteiger partial charge in [-0.3, -0.25) is 9.59 Å². The van der Waals surface area contributed by atoms with Gasteiger partial charge in [-0.15, -0.1) is 0 Å². The smallest absolute Gasteiger partial charge is 0.305 e. The molecular weight excluding hydrogens is 332 g/mol. The first-order valence-electron chi connectivity index (χ1n) is 7.58. The standard InChI is InChI=1S/C16H24N2O5S/c1-11-9-12(2)16(13(3)10-11)24(22,23)17-7-5-14(19)18(4)8-6-15(20)21/h9-10,17H,5-8H2,1-4H3,(H,20,21). The van der Waals surface area contributed by atoms with Crippen LogP contribution in [0.4, 0.5) is 0 Å². The normalized spacial score (nSPS) is 11.3. The fourth-order valence-electron chi connectivity index (χ4n) is 2.53. The number of nitrogens with zero attached hydrogens (tertiary/aromatic N) is 1. The molecule has 24 heavy (non-hydrogen) atoms. The number of hydrogen-bond acceptors (Lipinski definition) is 4. The monoisotopic (exact) mass is 356 g/mol. The van der Waals surface area contributed by atoms with Crippen LogP contribution in [0.15, 0.2) is 17.0 Å². The molecule has 0 fully saturated rings. The number of nitrogens with one attached hydrogen (secondary N) is 1. The zero-order valence-electron chi connectivity index (χ0n) is 14.4. The number of carbonyl (C=O) groups is 2. The molecule has 0 aliphatic rings. The number of hydrogen-bond donors (Lipinski definition) is 2. The van der Waals surface area contributed by atoms with Gasteiger partial charge in [0.05, 0.1) is 11.3 Å². The summed E-state index contributed by atoms with van der Waals surface area (Å²) in [5.74, 6) is -1.29. The van der Waals surface area contributed by atoms with E-state index in [9.17, 15) is 18.0 Å². The van der Waals surface area contributed by atoms with Gasteiger partial charge in [0.25, 0.3) is 0 Å². The van der Waals surface area contributed by atoms with Crippen LogP contribution in [0.25, 0.3) is 0 Å². The molecule has 0 unspecified atom stereocenters. The number of sulfonamides is 1. The summed E-state index contributed by atoms with van der Waals surface area (Å²) >= 11 is 0. The van der Waals surface area contributed by atoms with Crippen molar-refractivity contribution in [1.29, 1.82) is 0 Å². The van der Waals surface area contributed by atoms with E-state index in [1.807, 2.05) is 6.92 Å². The predicted molar refractivity (Wildman–Crippen MR) is 90.3 cm³/mol. The molecule has 1 amide bonds. The first-order chi connectivity index (χ1) is 11.0. The Bertz CT molecular complexity index is 705. The predicted octanol–water partition coefficient (Wildman–Crippen LogP) is 1.21. The van der Waals surface area contributed by atoms with Crippen LogP contribution in [0, 0.1) is 20.8 Å². The number of carboxylic acid groups (broad SMARTS) is 1. The molecule has 134 valence electrons. The maximum Gasteiger partial charge on any atom is 0.305 e. The van der Waals surface area contributed by atoms with Crippen molar-refractivity contribution in [3.8, 4) is 0 Å². The first kappa shape index (κ1) is 20.1. The van der Waals surface area contributed by atoms with Crippen LogP contribution in [0.2, 0.25) is 0 Å². The topological polar surface area (TPSA) is 104 Å². The number of carbonyl (C=O) groups excluding carboxylic acids is 1. The Labute approximate surface area is 142 Å². The van der Waals surface area contributed by atoms with Crippen LogP contribution in [-0.4, -0.2) is 50.4 Å². The van der Waals surface area contributed by atoms with Gasteiger partial charge in [-0.2, -0.15) is 0 Å². The molecule has 0 radical (unpaired) electrons. The van der Waals surface area contributed by atoms with E-state index in [2.05, 4.69) is 4.72 Å². The minimum absolute atomic E-state index is 0.0285. The van der Waals surface area contributed by atoms with Crippen LogP contribution in [-0.2, 0) is 19.6 Å². The highest BCUT2D eigenvalue weighted by Crippen LogP contribution is 2.21. The van der Waals surface area contributed by atoms with E-state index in [1.54, 1.807) is 26.0 Å². The summed E-state index contributed by atoms with van der Waals surface area (Å²) < 4.78 is 27.3. The van der Waals surface area contributed by atoms with Crippen molar-refractivity contribution in [1.82, 2.24) is 9.62 Å². The van der Waals surface area contributed by atoms with E-state index in [1.165, 1.54) is 11.9 Å². The summed E-state index contributed by atoms with van der Waals surface area (Å²) in [6.07, 6.45) is -0.172. The quantitative estimate of drug-likeness (QED) is 0.729. The van der Waals surface area contributed by atoms with E-state index in [-0.39, 0.29) is 36.7 Å². The van der Waals surface area contributed by atoms with Crippen LogP contribution in [0.3, 0.4) is 0 Å². The Morgan fingerprint density at radius 1 is 1.12 bits per heavy atom. The molecule has 1 aromatic carbocycles. The summed E-state index contributed by atoms with van der Waals surface area (Å²) in [6.45, 7) is 5.43. The second-order valence-electron chi connectivity index (χ2n) is 5.83. The van der Waals surface area contributed by atoms with E-state index < -0.39 is 16.0 Å². The lowest BCUT2D eigenvalue weighted by atomic mass is 10.1. The molecule has 0 heterocycles. The highest BCUT2D eigenvalue weighted by atomic mass is 32.2. The SMILES string of the molecule is Cc1cc(C)c(S(=O)(=O)NCCC(=O)N(C)CCC(=O)O)c(C)c1. The van der Waals surface area contributed by atoms with Crippen molar-refractivity contribution in [3.05, 3.63) is 28.8 Å². The highest BCUT2D eigenvalue weighted by molar-refractivity contribution is 7.89. The molecule has 8 heteroatoms. The summed E-state index contributed by atoms with van der Waals surface area (Å²) in [7, 11) is -2.21. The molecule has 0 bridgehead atoms. The average molecular weight is 356 g/mol. The lowest BCUT2D eigenvalue weighted by Gasteiger charge is -2.17. The molecule has 1 rings (SSSR count). The summed E-state index contributed by atoms with van der Waals surface area (Å²) in [6, 6.07) is 3.60. The van der Waals surface area contributed by atoms with Crippen LogP contribution in [0.5, 0.6) is 0 Å². The lowest BCUT2D eigenvalue weighted by molar-refractivity contribution is -0.138. The molecule has 0 atom stereocenters. The molecule has 0 saturated heterocycles. The fraction of sp³-hybridized carbons (Fsp3) is 0.500. The second-order valence-corrected chi connectivity index (χ2v) is 7.54.